The van der Waals surface area contributed by atoms with E-state index in [9.17, 15) is 4.79 Å². The molecule has 20 heavy (non-hydrogen) atoms. The second-order valence-corrected chi connectivity index (χ2v) is 5.56. The van der Waals surface area contributed by atoms with Gasteiger partial charge in [0.1, 0.15) is 5.58 Å². The number of benzene rings is 1. The van der Waals surface area contributed by atoms with E-state index in [2.05, 4.69) is 5.32 Å². The number of para-hydroxylation sites is 1. The molecule has 1 aromatic heterocycles. The first-order valence-corrected chi connectivity index (χ1v) is 7.19. The van der Waals surface area contributed by atoms with Crippen LogP contribution in [0.2, 0.25) is 0 Å². The standard InChI is InChI=1S/C16H20N2O2/c1-10-12-6-2-3-8-14(12)20-15(10)16(19)18-13-7-4-5-11(13)9-17/h2-3,6,8,11,13H,4-5,7,9,17H2,1H3,(H,18,19). The van der Waals surface area contributed by atoms with Crippen LogP contribution in [-0.2, 0) is 0 Å². The predicted molar refractivity (Wildman–Crippen MR) is 78.6 cm³/mol. The van der Waals surface area contributed by atoms with Crippen LogP contribution < -0.4 is 11.1 Å². The van der Waals surface area contributed by atoms with Gasteiger partial charge in [0, 0.05) is 17.0 Å². The van der Waals surface area contributed by atoms with Gasteiger partial charge in [-0.2, -0.15) is 0 Å². The first-order chi connectivity index (χ1) is 9.70. The van der Waals surface area contributed by atoms with Crippen LogP contribution in [0.25, 0.3) is 11.0 Å². The number of furan rings is 1. The van der Waals surface area contributed by atoms with Crippen LogP contribution >= 0.6 is 0 Å². The summed E-state index contributed by atoms with van der Waals surface area (Å²) in [6, 6.07) is 7.91. The van der Waals surface area contributed by atoms with Crippen molar-refractivity contribution in [1.29, 1.82) is 0 Å². The lowest BCUT2D eigenvalue weighted by molar-refractivity contribution is 0.0902. The van der Waals surface area contributed by atoms with E-state index in [1.54, 1.807) is 0 Å². The molecule has 0 saturated heterocycles. The third-order valence-corrected chi connectivity index (χ3v) is 4.33. The molecule has 0 aliphatic heterocycles. The molecule has 4 nitrogen and oxygen atoms in total. The van der Waals surface area contributed by atoms with E-state index in [1.807, 2.05) is 31.2 Å². The Bertz CT molecular complexity index is 632. The molecule has 0 radical (unpaired) electrons. The van der Waals surface area contributed by atoms with E-state index in [-0.39, 0.29) is 11.9 Å². The van der Waals surface area contributed by atoms with Crippen molar-refractivity contribution >= 4 is 16.9 Å². The molecule has 3 N–H and O–H groups in total. The fourth-order valence-electron chi connectivity index (χ4n) is 3.13. The van der Waals surface area contributed by atoms with E-state index in [0.717, 1.165) is 35.8 Å². The molecule has 2 atom stereocenters. The Balaban J connectivity index is 1.84. The number of amides is 1. The van der Waals surface area contributed by atoms with Gasteiger partial charge in [0.15, 0.2) is 5.76 Å². The molecule has 2 aromatic rings. The second kappa shape index (κ2) is 5.29. The van der Waals surface area contributed by atoms with Gasteiger partial charge in [-0.3, -0.25) is 4.79 Å². The Hall–Kier alpha value is -1.81. The van der Waals surface area contributed by atoms with Crippen LogP contribution in [0.4, 0.5) is 0 Å². The van der Waals surface area contributed by atoms with Crippen molar-refractivity contribution in [1.82, 2.24) is 5.32 Å². The molecule has 1 heterocycles. The molecular formula is C16H20N2O2. The Morgan fingerprint density at radius 2 is 2.20 bits per heavy atom. The monoisotopic (exact) mass is 272 g/mol. The minimum atomic E-state index is -0.121. The highest BCUT2D eigenvalue weighted by atomic mass is 16.3. The van der Waals surface area contributed by atoms with E-state index < -0.39 is 0 Å². The fraction of sp³-hybridized carbons (Fsp3) is 0.438. The summed E-state index contributed by atoms with van der Waals surface area (Å²) in [5, 5.41) is 4.08. The predicted octanol–water partition coefficient (Wildman–Crippen LogP) is 2.60. The lowest BCUT2D eigenvalue weighted by Gasteiger charge is -2.18. The Morgan fingerprint density at radius 1 is 1.40 bits per heavy atom. The molecule has 2 unspecified atom stereocenters. The highest BCUT2D eigenvalue weighted by molar-refractivity contribution is 5.99. The van der Waals surface area contributed by atoms with Gasteiger partial charge in [-0.15, -0.1) is 0 Å². The molecule has 1 aliphatic carbocycles. The van der Waals surface area contributed by atoms with Gasteiger partial charge in [-0.1, -0.05) is 24.6 Å². The van der Waals surface area contributed by atoms with Crippen molar-refractivity contribution < 1.29 is 9.21 Å². The number of carbonyl (C=O) groups is 1. The number of aryl methyl sites for hydroxylation is 1. The minimum absolute atomic E-state index is 0.121. The molecule has 106 valence electrons. The zero-order valence-electron chi connectivity index (χ0n) is 11.7. The van der Waals surface area contributed by atoms with Gasteiger partial charge in [0.2, 0.25) is 0 Å². The average Bonchev–Trinajstić information content (AvgIpc) is 3.04. The zero-order chi connectivity index (χ0) is 14.1. The summed E-state index contributed by atoms with van der Waals surface area (Å²) >= 11 is 0. The molecule has 4 heteroatoms. The normalized spacial score (nSPS) is 22.3. The number of rotatable bonds is 3. The molecule has 3 rings (SSSR count). The van der Waals surface area contributed by atoms with E-state index in [0.29, 0.717) is 18.2 Å². The zero-order valence-corrected chi connectivity index (χ0v) is 11.7. The van der Waals surface area contributed by atoms with Gasteiger partial charge < -0.3 is 15.5 Å². The number of nitrogens with two attached hydrogens (primary N) is 1. The van der Waals surface area contributed by atoms with Gasteiger partial charge in [-0.05, 0) is 38.3 Å². The Kier molecular flexibility index (Phi) is 3.49. The molecule has 1 aromatic carbocycles. The summed E-state index contributed by atoms with van der Waals surface area (Å²) in [5.74, 6) is 0.696. The van der Waals surface area contributed by atoms with Crippen molar-refractivity contribution in [2.45, 2.75) is 32.2 Å². The molecule has 0 bridgehead atoms. The van der Waals surface area contributed by atoms with Crippen molar-refractivity contribution in [3.05, 3.63) is 35.6 Å². The topological polar surface area (TPSA) is 68.3 Å². The van der Waals surface area contributed by atoms with Gasteiger partial charge in [0.25, 0.3) is 5.91 Å². The van der Waals surface area contributed by atoms with Crippen molar-refractivity contribution in [3.63, 3.8) is 0 Å². The van der Waals surface area contributed by atoms with E-state index in [1.165, 1.54) is 0 Å². The van der Waals surface area contributed by atoms with Crippen LogP contribution in [0.15, 0.2) is 28.7 Å². The fourth-order valence-corrected chi connectivity index (χ4v) is 3.13. The first kappa shape index (κ1) is 13.2. The van der Waals surface area contributed by atoms with Crippen LogP contribution in [-0.4, -0.2) is 18.5 Å². The van der Waals surface area contributed by atoms with Gasteiger partial charge in [0.05, 0.1) is 0 Å². The summed E-state index contributed by atoms with van der Waals surface area (Å²) in [6.07, 6.45) is 3.24. The summed E-state index contributed by atoms with van der Waals surface area (Å²) in [4.78, 5) is 12.4. The summed E-state index contributed by atoms with van der Waals surface area (Å²) in [5.41, 5.74) is 7.42. The van der Waals surface area contributed by atoms with Crippen LogP contribution in [0.3, 0.4) is 0 Å². The SMILES string of the molecule is Cc1c(C(=O)NC2CCCC2CN)oc2ccccc12. The van der Waals surface area contributed by atoms with Crippen LogP contribution in [0, 0.1) is 12.8 Å². The average molecular weight is 272 g/mol. The quantitative estimate of drug-likeness (QED) is 0.902. The molecule has 1 aliphatic rings. The first-order valence-electron chi connectivity index (χ1n) is 7.19. The molecule has 0 spiro atoms. The van der Waals surface area contributed by atoms with Gasteiger partial charge in [-0.25, -0.2) is 0 Å². The maximum Gasteiger partial charge on any atom is 0.287 e. The molecule has 1 fully saturated rings. The molecule has 1 amide bonds. The van der Waals surface area contributed by atoms with Gasteiger partial charge >= 0.3 is 0 Å². The summed E-state index contributed by atoms with van der Waals surface area (Å²) in [7, 11) is 0. The number of carbonyl (C=O) groups excluding carboxylic acids is 1. The Morgan fingerprint density at radius 3 is 2.95 bits per heavy atom. The number of fused-ring (bicyclic) bond motifs is 1. The van der Waals surface area contributed by atoms with Crippen LogP contribution in [0.1, 0.15) is 35.4 Å². The summed E-state index contributed by atoms with van der Waals surface area (Å²) in [6.45, 7) is 2.56. The lowest BCUT2D eigenvalue weighted by Crippen LogP contribution is -2.39. The minimum Gasteiger partial charge on any atom is -0.451 e. The lowest BCUT2D eigenvalue weighted by atomic mass is 10.0. The van der Waals surface area contributed by atoms with Crippen molar-refractivity contribution in [3.8, 4) is 0 Å². The highest BCUT2D eigenvalue weighted by Gasteiger charge is 2.29. The highest BCUT2D eigenvalue weighted by Crippen LogP contribution is 2.27. The van der Waals surface area contributed by atoms with E-state index in [4.69, 9.17) is 10.2 Å². The molecular weight excluding hydrogens is 252 g/mol. The number of hydrogen-bond donors (Lipinski definition) is 2. The Labute approximate surface area is 118 Å². The maximum atomic E-state index is 12.4. The maximum absolute atomic E-state index is 12.4. The second-order valence-electron chi connectivity index (χ2n) is 5.56. The smallest absolute Gasteiger partial charge is 0.287 e. The van der Waals surface area contributed by atoms with E-state index >= 15 is 0 Å². The van der Waals surface area contributed by atoms with Crippen molar-refractivity contribution in [2.24, 2.45) is 11.7 Å². The summed E-state index contributed by atoms with van der Waals surface area (Å²) < 4.78 is 5.70. The van der Waals surface area contributed by atoms with Crippen LogP contribution in [0.5, 0.6) is 0 Å². The largest absolute Gasteiger partial charge is 0.451 e. The third kappa shape index (κ3) is 2.20. The number of hydrogen-bond acceptors (Lipinski definition) is 3. The van der Waals surface area contributed by atoms with Crippen molar-refractivity contribution in [2.75, 3.05) is 6.54 Å². The molecule has 1 saturated carbocycles. The third-order valence-electron chi connectivity index (χ3n) is 4.33. The number of nitrogens with one attached hydrogen (secondary N) is 1.